The Morgan fingerprint density at radius 2 is 2.00 bits per heavy atom. The lowest BCUT2D eigenvalue weighted by Crippen LogP contribution is -2.27. The SMILES string of the molecule is CCCC[C@H](CC)CNC(=O)C=CC(=O)O. The summed E-state index contributed by atoms with van der Waals surface area (Å²) in [5.41, 5.74) is 0. The van der Waals surface area contributed by atoms with Crippen molar-refractivity contribution in [1.29, 1.82) is 0 Å². The molecule has 0 unspecified atom stereocenters. The third kappa shape index (κ3) is 8.03. The Morgan fingerprint density at radius 1 is 1.31 bits per heavy atom. The number of hydrogen-bond acceptors (Lipinski definition) is 2. The van der Waals surface area contributed by atoms with Crippen molar-refractivity contribution in [3.63, 3.8) is 0 Å². The fourth-order valence-corrected chi connectivity index (χ4v) is 1.39. The van der Waals surface area contributed by atoms with Crippen LogP contribution in [0.2, 0.25) is 0 Å². The lowest BCUT2D eigenvalue weighted by Gasteiger charge is -2.14. The van der Waals surface area contributed by atoms with Gasteiger partial charge in [-0.2, -0.15) is 0 Å². The van der Waals surface area contributed by atoms with Gasteiger partial charge in [0, 0.05) is 18.7 Å². The Kier molecular flexibility index (Phi) is 8.21. The van der Waals surface area contributed by atoms with Crippen molar-refractivity contribution in [1.82, 2.24) is 5.32 Å². The molecule has 0 aliphatic carbocycles. The highest BCUT2D eigenvalue weighted by atomic mass is 16.4. The summed E-state index contributed by atoms with van der Waals surface area (Å²) in [4.78, 5) is 21.4. The van der Waals surface area contributed by atoms with E-state index in [2.05, 4.69) is 19.2 Å². The molecule has 0 aliphatic rings. The summed E-state index contributed by atoms with van der Waals surface area (Å²) in [7, 11) is 0. The third-order valence-electron chi connectivity index (χ3n) is 2.49. The molecule has 4 heteroatoms. The minimum absolute atomic E-state index is 0.336. The van der Waals surface area contributed by atoms with Crippen LogP contribution in [0.25, 0.3) is 0 Å². The average Bonchev–Trinajstić information content (AvgIpc) is 2.26. The van der Waals surface area contributed by atoms with E-state index in [1.807, 2.05) is 0 Å². The molecular formula is C12H21NO3. The minimum Gasteiger partial charge on any atom is -0.478 e. The number of carbonyl (C=O) groups is 2. The second-order valence-corrected chi connectivity index (χ2v) is 3.83. The van der Waals surface area contributed by atoms with E-state index < -0.39 is 5.97 Å². The van der Waals surface area contributed by atoms with E-state index in [0.29, 0.717) is 12.5 Å². The van der Waals surface area contributed by atoms with Gasteiger partial charge in [-0.25, -0.2) is 4.79 Å². The van der Waals surface area contributed by atoms with Crippen LogP contribution in [0, 0.1) is 5.92 Å². The van der Waals surface area contributed by atoms with Crippen LogP contribution in [0.4, 0.5) is 0 Å². The maximum Gasteiger partial charge on any atom is 0.328 e. The van der Waals surface area contributed by atoms with E-state index in [1.54, 1.807) is 0 Å². The maximum atomic E-state index is 11.2. The molecule has 16 heavy (non-hydrogen) atoms. The molecular weight excluding hydrogens is 206 g/mol. The van der Waals surface area contributed by atoms with Gasteiger partial charge in [-0.1, -0.05) is 33.1 Å². The average molecular weight is 227 g/mol. The fraction of sp³-hybridized carbons (Fsp3) is 0.667. The lowest BCUT2D eigenvalue weighted by molar-refractivity contribution is -0.131. The van der Waals surface area contributed by atoms with E-state index in [-0.39, 0.29) is 5.91 Å². The first kappa shape index (κ1) is 14.7. The zero-order chi connectivity index (χ0) is 12.4. The highest BCUT2D eigenvalue weighted by Gasteiger charge is 2.06. The number of carbonyl (C=O) groups excluding carboxylic acids is 1. The first-order valence-corrected chi connectivity index (χ1v) is 5.79. The number of aliphatic carboxylic acids is 1. The monoisotopic (exact) mass is 227 g/mol. The second-order valence-electron chi connectivity index (χ2n) is 3.83. The van der Waals surface area contributed by atoms with Crippen molar-refractivity contribution in [2.24, 2.45) is 5.92 Å². The zero-order valence-electron chi connectivity index (χ0n) is 10.0. The van der Waals surface area contributed by atoms with Crippen LogP contribution in [-0.2, 0) is 9.59 Å². The van der Waals surface area contributed by atoms with Gasteiger partial charge in [0.25, 0.3) is 0 Å². The standard InChI is InChI=1S/C12H21NO3/c1-3-5-6-10(4-2)9-13-11(14)7-8-12(15)16/h7-8,10H,3-6,9H2,1-2H3,(H,13,14)(H,15,16)/t10-/m0/s1. The third-order valence-corrected chi connectivity index (χ3v) is 2.49. The summed E-state index contributed by atoms with van der Waals surface area (Å²) >= 11 is 0. The van der Waals surface area contributed by atoms with E-state index in [4.69, 9.17) is 5.11 Å². The normalized spacial score (nSPS) is 12.6. The Bertz CT molecular complexity index is 249. The second kappa shape index (κ2) is 8.95. The van der Waals surface area contributed by atoms with E-state index in [1.165, 1.54) is 6.42 Å². The van der Waals surface area contributed by atoms with Gasteiger partial charge in [0.15, 0.2) is 0 Å². The van der Waals surface area contributed by atoms with Crippen LogP contribution >= 0.6 is 0 Å². The Morgan fingerprint density at radius 3 is 2.50 bits per heavy atom. The van der Waals surface area contributed by atoms with Crippen molar-refractivity contribution in [2.75, 3.05) is 6.54 Å². The summed E-state index contributed by atoms with van der Waals surface area (Å²) in [5, 5.41) is 11.0. The summed E-state index contributed by atoms with van der Waals surface area (Å²) in [6.07, 6.45) is 6.36. The van der Waals surface area contributed by atoms with Crippen LogP contribution in [0.3, 0.4) is 0 Å². The lowest BCUT2D eigenvalue weighted by atomic mass is 9.99. The summed E-state index contributed by atoms with van der Waals surface area (Å²) < 4.78 is 0. The van der Waals surface area contributed by atoms with Gasteiger partial charge in [-0.05, 0) is 12.3 Å². The molecule has 4 nitrogen and oxygen atoms in total. The Hall–Kier alpha value is -1.32. The Balaban J connectivity index is 3.83. The fourth-order valence-electron chi connectivity index (χ4n) is 1.39. The molecule has 0 heterocycles. The number of carboxylic acid groups (broad SMARTS) is 1. The molecule has 0 aromatic heterocycles. The molecule has 1 atom stereocenters. The number of carboxylic acids is 1. The molecule has 0 fully saturated rings. The first-order valence-electron chi connectivity index (χ1n) is 5.79. The summed E-state index contributed by atoms with van der Waals surface area (Å²) in [6, 6.07) is 0. The predicted molar refractivity (Wildman–Crippen MR) is 63.1 cm³/mol. The number of nitrogens with one attached hydrogen (secondary N) is 1. The van der Waals surface area contributed by atoms with E-state index >= 15 is 0 Å². The van der Waals surface area contributed by atoms with Crippen molar-refractivity contribution < 1.29 is 14.7 Å². The molecule has 0 spiro atoms. The number of unbranched alkanes of at least 4 members (excludes halogenated alkanes) is 1. The highest BCUT2D eigenvalue weighted by Crippen LogP contribution is 2.10. The molecule has 2 N–H and O–H groups in total. The molecule has 0 aliphatic heterocycles. The molecule has 0 bridgehead atoms. The minimum atomic E-state index is -1.10. The van der Waals surface area contributed by atoms with Crippen LogP contribution in [0.5, 0.6) is 0 Å². The zero-order valence-corrected chi connectivity index (χ0v) is 10.0. The van der Waals surface area contributed by atoms with Gasteiger partial charge >= 0.3 is 5.97 Å². The van der Waals surface area contributed by atoms with Gasteiger partial charge < -0.3 is 10.4 Å². The maximum absolute atomic E-state index is 11.2. The highest BCUT2D eigenvalue weighted by molar-refractivity contribution is 5.93. The molecule has 0 saturated carbocycles. The van der Waals surface area contributed by atoms with Gasteiger partial charge in [-0.15, -0.1) is 0 Å². The van der Waals surface area contributed by atoms with E-state index in [0.717, 1.165) is 31.4 Å². The number of hydrogen-bond donors (Lipinski definition) is 2. The number of rotatable bonds is 8. The molecule has 0 rings (SSSR count). The largest absolute Gasteiger partial charge is 0.478 e. The van der Waals surface area contributed by atoms with Crippen LogP contribution < -0.4 is 5.32 Å². The Labute approximate surface area is 96.7 Å². The van der Waals surface area contributed by atoms with Crippen LogP contribution in [0.1, 0.15) is 39.5 Å². The van der Waals surface area contributed by atoms with Crippen molar-refractivity contribution in [3.05, 3.63) is 12.2 Å². The molecule has 1 amide bonds. The predicted octanol–water partition coefficient (Wildman–Crippen LogP) is 1.96. The summed E-state index contributed by atoms with van der Waals surface area (Å²) in [6.45, 7) is 4.86. The molecule has 92 valence electrons. The van der Waals surface area contributed by atoms with E-state index in [9.17, 15) is 9.59 Å². The smallest absolute Gasteiger partial charge is 0.328 e. The quantitative estimate of drug-likeness (QED) is 0.623. The van der Waals surface area contributed by atoms with Gasteiger partial charge in [-0.3, -0.25) is 4.79 Å². The number of amides is 1. The van der Waals surface area contributed by atoms with Gasteiger partial charge in [0.1, 0.15) is 0 Å². The van der Waals surface area contributed by atoms with Gasteiger partial charge in [0.2, 0.25) is 5.91 Å². The molecule has 0 aromatic rings. The summed E-state index contributed by atoms with van der Waals surface area (Å²) in [5.74, 6) is -0.951. The van der Waals surface area contributed by atoms with Crippen LogP contribution in [-0.4, -0.2) is 23.5 Å². The molecule has 0 saturated heterocycles. The van der Waals surface area contributed by atoms with Crippen LogP contribution in [0.15, 0.2) is 12.2 Å². The van der Waals surface area contributed by atoms with Crippen molar-refractivity contribution >= 4 is 11.9 Å². The molecule has 0 aromatic carbocycles. The first-order chi connectivity index (χ1) is 7.60. The molecule has 0 radical (unpaired) electrons. The van der Waals surface area contributed by atoms with Crippen molar-refractivity contribution in [2.45, 2.75) is 39.5 Å². The van der Waals surface area contributed by atoms with Gasteiger partial charge in [0.05, 0.1) is 0 Å². The topological polar surface area (TPSA) is 66.4 Å². The van der Waals surface area contributed by atoms with Crippen molar-refractivity contribution in [3.8, 4) is 0 Å².